The second-order valence-corrected chi connectivity index (χ2v) is 6.52. The maximum Gasteiger partial charge on any atom is 0.303 e. The van der Waals surface area contributed by atoms with Crippen LogP contribution in [0.4, 0.5) is 0 Å². The summed E-state index contributed by atoms with van der Waals surface area (Å²) in [6, 6.07) is 7.84. The summed E-state index contributed by atoms with van der Waals surface area (Å²) >= 11 is 0. The van der Waals surface area contributed by atoms with Gasteiger partial charge < -0.3 is 14.7 Å². The Kier molecular flexibility index (Phi) is 6.64. The first-order chi connectivity index (χ1) is 11.5. The van der Waals surface area contributed by atoms with Crippen molar-refractivity contribution in [1.82, 2.24) is 4.90 Å². The minimum atomic E-state index is -0.796. The summed E-state index contributed by atoms with van der Waals surface area (Å²) in [6.07, 6.45) is 4.06. The van der Waals surface area contributed by atoms with E-state index in [4.69, 9.17) is 9.84 Å². The van der Waals surface area contributed by atoms with Gasteiger partial charge in [-0.2, -0.15) is 0 Å². The smallest absolute Gasteiger partial charge is 0.303 e. The van der Waals surface area contributed by atoms with Gasteiger partial charge >= 0.3 is 5.97 Å². The number of ether oxygens (including phenoxy) is 1. The number of aliphatic carboxylic acids is 1. The van der Waals surface area contributed by atoms with E-state index in [1.807, 2.05) is 36.1 Å². The van der Waals surface area contributed by atoms with E-state index in [0.717, 1.165) is 37.1 Å². The van der Waals surface area contributed by atoms with Crippen molar-refractivity contribution in [3.05, 3.63) is 29.8 Å². The standard InChI is InChI=1S/C19H27NO4/c1-14(16-8-3-4-9-17(16)24-2)13-18(21)20-12-6-5-7-15(20)10-11-19(22)23/h3-4,8-9,14-15H,5-7,10-13H2,1-2H3,(H,22,23). The Hall–Kier alpha value is -2.04. The number of carbonyl (C=O) groups is 2. The third kappa shape index (κ3) is 4.73. The molecule has 0 saturated carbocycles. The van der Waals surface area contributed by atoms with E-state index in [1.54, 1.807) is 7.11 Å². The predicted octanol–water partition coefficient (Wildman–Crippen LogP) is 3.43. The number of amides is 1. The van der Waals surface area contributed by atoms with Gasteiger partial charge in [0.15, 0.2) is 0 Å². The monoisotopic (exact) mass is 333 g/mol. The van der Waals surface area contributed by atoms with E-state index < -0.39 is 5.97 Å². The molecule has 1 aromatic rings. The lowest BCUT2D eigenvalue weighted by molar-refractivity contribution is -0.140. The van der Waals surface area contributed by atoms with Crippen LogP contribution in [0, 0.1) is 0 Å². The number of benzene rings is 1. The van der Waals surface area contributed by atoms with Gasteiger partial charge in [-0.15, -0.1) is 0 Å². The second-order valence-electron chi connectivity index (χ2n) is 6.52. The Bertz CT molecular complexity index is 572. The number of methoxy groups -OCH3 is 1. The maximum absolute atomic E-state index is 12.8. The lowest BCUT2D eigenvalue weighted by atomic mass is 9.93. The fourth-order valence-electron chi connectivity index (χ4n) is 3.48. The van der Waals surface area contributed by atoms with E-state index in [9.17, 15) is 9.59 Å². The quantitative estimate of drug-likeness (QED) is 0.830. The van der Waals surface area contributed by atoms with Gasteiger partial charge in [0, 0.05) is 25.4 Å². The zero-order chi connectivity index (χ0) is 17.5. The summed E-state index contributed by atoms with van der Waals surface area (Å²) in [4.78, 5) is 25.5. The molecule has 0 aromatic heterocycles. The van der Waals surface area contributed by atoms with Crippen molar-refractivity contribution >= 4 is 11.9 Å². The van der Waals surface area contributed by atoms with Gasteiger partial charge in [-0.25, -0.2) is 0 Å². The van der Waals surface area contributed by atoms with Crippen LogP contribution in [0.15, 0.2) is 24.3 Å². The largest absolute Gasteiger partial charge is 0.496 e. The third-order valence-electron chi connectivity index (χ3n) is 4.79. The Morgan fingerprint density at radius 1 is 1.33 bits per heavy atom. The molecule has 1 aliphatic heterocycles. The highest BCUT2D eigenvalue weighted by Crippen LogP contribution is 2.30. The first-order valence-corrected chi connectivity index (χ1v) is 8.67. The fourth-order valence-corrected chi connectivity index (χ4v) is 3.48. The highest BCUT2D eigenvalue weighted by atomic mass is 16.5. The van der Waals surface area contributed by atoms with Crippen LogP contribution in [0.5, 0.6) is 5.75 Å². The summed E-state index contributed by atoms with van der Waals surface area (Å²) in [5.74, 6) is 0.188. The van der Waals surface area contributed by atoms with Crippen LogP contribution in [0.3, 0.4) is 0 Å². The zero-order valence-corrected chi connectivity index (χ0v) is 14.5. The minimum Gasteiger partial charge on any atom is -0.496 e. The summed E-state index contributed by atoms with van der Waals surface area (Å²) < 4.78 is 5.39. The maximum atomic E-state index is 12.8. The Labute approximate surface area is 143 Å². The molecule has 0 bridgehead atoms. The molecule has 132 valence electrons. The SMILES string of the molecule is COc1ccccc1C(C)CC(=O)N1CCCCC1CCC(=O)O. The van der Waals surface area contributed by atoms with E-state index >= 15 is 0 Å². The molecular formula is C19H27NO4. The molecular weight excluding hydrogens is 306 g/mol. The fraction of sp³-hybridized carbons (Fsp3) is 0.579. The van der Waals surface area contributed by atoms with Gasteiger partial charge in [-0.1, -0.05) is 25.1 Å². The molecule has 1 N–H and O–H groups in total. The Balaban J connectivity index is 2.02. The third-order valence-corrected chi connectivity index (χ3v) is 4.79. The molecule has 1 fully saturated rings. The first-order valence-electron chi connectivity index (χ1n) is 8.67. The van der Waals surface area contributed by atoms with Gasteiger partial charge in [-0.3, -0.25) is 9.59 Å². The lowest BCUT2D eigenvalue weighted by Crippen LogP contribution is -2.44. The zero-order valence-electron chi connectivity index (χ0n) is 14.5. The summed E-state index contributed by atoms with van der Waals surface area (Å²) in [5.41, 5.74) is 1.03. The van der Waals surface area contributed by atoms with Gasteiger partial charge in [0.05, 0.1) is 7.11 Å². The van der Waals surface area contributed by atoms with Crippen molar-refractivity contribution in [2.75, 3.05) is 13.7 Å². The number of carboxylic acids is 1. The molecule has 1 saturated heterocycles. The summed E-state index contributed by atoms with van der Waals surface area (Å²) in [5, 5.41) is 8.90. The van der Waals surface area contributed by atoms with E-state index in [0.29, 0.717) is 12.8 Å². The lowest BCUT2D eigenvalue weighted by Gasteiger charge is -2.36. The molecule has 0 aliphatic carbocycles. The molecule has 2 atom stereocenters. The number of hydrogen-bond donors (Lipinski definition) is 1. The number of nitrogens with zero attached hydrogens (tertiary/aromatic N) is 1. The van der Waals surface area contributed by atoms with Gasteiger partial charge in [0.25, 0.3) is 0 Å². The van der Waals surface area contributed by atoms with Crippen molar-refractivity contribution in [2.45, 2.75) is 57.4 Å². The van der Waals surface area contributed by atoms with Crippen molar-refractivity contribution < 1.29 is 19.4 Å². The molecule has 24 heavy (non-hydrogen) atoms. The highest BCUT2D eigenvalue weighted by molar-refractivity contribution is 5.78. The molecule has 1 heterocycles. The van der Waals surface area contributed by atoms with Crippen molar-refractivity contribution in [1.29, 1.82) is 0 Å². The average molecular weight is 333 g/mol. The van der Waals surface area contributed by atoms with Crippen LogP contribution in [0.1, 0.15) is 56.9 Å². The van der Waals surface area contributed by atoms with Crippen LogP contribution in [0.2, 0.25) is 0 Å². The number of hydrogen-bond acceptors (Lipinski definition) is 3. The van der Waals surface area contributed by atoms with Crippen molar-refractivity contribution in [3.63, 3.8) is 0 Å². The van der Waals surface area contributed by atoms with Gasteiger partial charge in [-0.05, 0) is 43.2 Å². The summed E-state index contributed by atoms with van der Waals surface area (Å²) in [6.45, 7) is 2.77. The molecule has 1 aliphatic rings. The van der Waals surface area contributed by atoms with Crippen LogP contribution in [-0.4, -0.2) is 41.6 Å². The normalized spacial score (nSPS) is 18.9. The molecule has 2 rings (SSSR count). The van der Waals surface area contributed by atoms with Crippen molar-refractivity contribution in [2.24, 2.45) is 0 Å². The predicted molar refractivity (Wildman–Crippen MR) is 92.2 cm³/mol. The van der Waals surface area contributed by atoms with Crippen LogP contribution < -0.4 is 4.74 Å². The Morgan fingerprint density at radius 2 is 2.08 bits per heavy atom. The molecule has 2 unspecified atom stereocenters. The molecule has 0 spiro atoms. The summed E-state index contributed by atoms with van der Waals surface area (Å²) in [7, 11) is 1.64. The van der Waals surface area contributed by atoms with Crippen LogP contribution >= 0.6 is 0 Å². The van der Waals surface area contributed by atoms with E-state index in [1.165, 1.54) is 0 Å². The van der Waals surface area contributed by atoms with Crippen molar-refractivity contribution in [3.8, 4) is 5.75 Å². The minimum absolute atomic E-state index is 0.0622. The molecule has 5 nitrogen and oxygen atoms in total. The number of piperidine rings is 1. The van der Waals surface area contributed by atoms with E-state index in [-0.39, 0.29) is 24.3 Å². The van der Waals surface area contributed by atoms with Crippen LogP contribution in [-0.2, 0) is 9.59 Å². The highest BCUT2D eigenvalue weighted by Gasteiger charge is 2.28. The molecule has 1 amide bonds. The topological polar surface area (TPSA) is 66.8 Å². The van der Waals surface area contributed by atoms with Gasteiger partial charge in [0.2, 0.25) is 5.91 Å². The Morgan fingerprint density at radius 3 is 2.79 bits per heavy atom. The molecule has 0 radical (unpaired) electrons. The number of likely N-dealkylation sites (tertiary alicyclic amines) is 1. The first kappa shape index (κ1) is 18.3. The average Bonchev–Trinajstić information content (AvgIpc) is 2.59. The second kappa shape index (κ2) is 8.71. The number of rotatable bonds is 7. The number of para-hydroxylation sites is 1. The molecule has 5 heteroatoms. The molecule has 1 aromatic carbocycles. The van der Waals surface area contributed by atoms with E-state index in [2.05, 4.69) is 0 Å². The van der Waals surface area contributed by atoms with Crippen LogP contribution in [0.25, 0.3) is 0 Å². The number of carboxylic acid groups (broad SMARTS) is 1. The number of carbonyl (C=O) groups excluding carboxylic acids is 1. The van der Waals surface area contributed by atoms with Gasteiger partial charge in [0.1, 0.15) is 5.75 Å².